The van der Waals surface area contributed by atoms with Crippen LogP contribution in [0.4, 0.5) is 11.4 Å². The lowest BCUT2D eigenvalue weighted by Crippen LogP contribution is -2.48. The average Bonchev–Trinajstić information content (AvgIpc) is 4.24. The Bertz CT molecular complexity index is 2820. The highest BCUT2D eigenvalue weighted by atomic mass is 16.4. The highest BCUT2D eigenvalue weighted by molar-refractivity contribution is 5.99. The van der Waals surface area contributed by atoms with Crippen molar-refractivity contribution in [1.29, 1.82) is 0 Å². The molecule has 12 unspecified atom stereocenters. The number of nitrogens with zero attached hydrogens (tertiary/aromatic N) is 2. The van der Waals surface area contributed by atoms with E-state index in [0.717, 1.165) is 73.6 Å². The molecule has 2 heterocycles. The molecular formula is C58H68N6O8. The van der Waals surface area contributed by atoms with E-state index in [1.54, 1.807) is 48.5 Å². The summed E-state index contributed by atoms with van der Waals surface area (Å²) in [5, 5.41) is 49.1. The number of aliphatic hydroxyl groups is 4. The number of likely N-dealkylation sites (tertiary alicyclic amines) is 2. The summed E-state index contributed by atoms with van der Waals surface area (Å²) in [5.74, 6) is -1.18. The van der Waals surface area contributed by atoms with Crippen molar-refractivity contribution in [2.75, 3.05) is 36.8 Å². The monoisotopic (exact) mass is 977 g/mol. The van der Waals surface area contributed by atoms with E-state index in [9.17, 15) is 39.6 Å². The Morgan fingerprint density at radius 2 is 1.22 bits per heavy atom. The molecule has 2 saturated heterocycles. The number of benzene rings is 4. The fourth-order valence-corrected chi connectivity index (χ4v) is 15.5. The van der Waals surface area contributed by atoms with Crippen molar-refractivity contribution in [3.05, 3.63) is 118 Å². The van der Waals surface area contributed by atoms with E-state index < -0.39 is 23.4 Å². The predicted octanol–water partition coefficient (Wildman–Crippen LogP) is 5.72. The van der Waals surface area contributed by atoms with E-state index in [1.165, 1.54) is 11.1 Å². The quantitative estimate of drug-likeness (QED) is 0.0911. The normalized spacial score (nSPS) is 33.5. The van der Waals surface area contributed by atoms with Gasteiger partial charge in [-0.15, -0.1) is 0 Å². The van der Waals surface area contributed by atoms with Crippen LogP contribution in [0.15, 0.2) is 84.9 Å². The van der Waals surface area contributed by atoms with Crippen molar-refractivity contribution >= 4 is 35.0 Å². The van der Waals surface area contributed by atoms with Gasteiger partial charge in [-0.3, -0.25) is 19.2 Å². The Kier molecular flexibility index (Phi) is 12.0. The molecule has 10 aliphatic rings. The molecule has 2 aliphatic heterocycles. The van der Waals surface area contributed by atoms with Crippen LogP contribution in [-0.2, 0) is 22.7 Å². The zero-order valence-corrected chi connectivity index (χ0v) is 40.8. The van der Waals surface area contributed by atoms with E-state index in [-0.39, 0.29) is 82.8 Å². The molecule has 10 N–H and O–H groups in total. The predicted molar refractivity (Wildman–Crippen MR) is 271 cm³/mol. The molecule has 8 saturated carbocycles. The summed E-state index contributed by atoms with van der Waals surface area (Å²) in [6, 6.07) is 27.3. The number of nitrogens with two attached hydrogens (primary N) is 2. The smallest absolute Gasteiger partial charge is 0.253 e. The largest absolute Gasteiger partial charge is 0.390 e. The molecule has 378 valence electrons. The molecule has 12 atom stereocenters. The van der Waals surface area contributed by atoms with Gasteiger partial charge >= 0.3 is 0 Å². The van der Waals surface area contributed by atoms with Crippen LogP contribution >= 0.6 is 0 Å². The van der Waals surface area contributed by atoms with Gasteiger partial charge < -0.3 is 52.3 Å². The van der Waals surface area contributed by atoms with Gasteiger partial charge in [0, 0.05) is 91.4 Å². The maximum atomic E-state index is 14.0. The lowest BCUT2D eigenvalue weighted by Gasteiger charge is -2.43. The van der Waals surface area contributed by atoms with Gasteiger partial charge in [-0.2, -0.15) is 0 Å². The first-order valence-corrected chi connectivity index (χ1v) is 26.7. The van der Waals surface area contributed by atoms with Crippen LogP contribution in [0.2, 0.25) is 0 Å². The third-order valence-electron chi connectivity index (χ3n) is 19.3. The minimum Gasteiger partial charge on any atom is -0.390 e. The topological polar surface area (TPSA) is 232 Å². The molecule has 14 rings (SSSR count). The SMILES string of the molecule is NCc1cc(-c2c(CN)cccc2C2CCN(C(=O)c3cccc(NC(=O)C4CC5CCC4C4(O)C(O)C54)c3)CC2)cc(C2CCN(C(=O)c3cccc(NC(=O)C4CC5CCC4C4C(O)C54O)c3)CC2)c1. The van der Waals surface area contributed by atoms with Crippen molar-refractivity contribution in [1.82, 2.24) is 9.80 Å². The third kappa shape index (κ3) is 7.81. The van der Waals surface area contributed by atoms with Crippen molar-refractivity contribution in [2.24, 2.45) is 58.8 Å². The van der Waals surface area contributed by atoms with E-state index >= 15 is 0 Å². The molecule has 0 radical (unpaired) electrons. The summed E-state index contributed by atoms with van der Waals surface area (Å²) in [5.41, 5.74) is 19.5. The number of hydrogen-bond donors (Lipinski definition) is 8. The maximum Gasteiger partial charge on any atom is 0.253 e. The first kappa shape index (κ1) is 47.5. The van der Waals surface area contributed by atoms with Gasteiger partial charge in [0.15, 0.2) is 0 Å². The summed E-state index contributed by atoms with van der Waals surface area (Å²) >= 11 is 0. The van der Waals surface area contributed by atoms with Gasteiger partial charge in [0.1, 0.15) is 5.60 Å². The van der Waals surface area contributed by atoms with Gasteiger partial charge in [-0.1, -0.05) is 42.5 Å². The van der Waals surface area contributed by atoms with Crippen molar-refractivity contribution in [3.63, 3.8) is 0 Å². The molecule has 72 heavy (non-hydrogen) atoms. The van der Waals surface area contributed by atoms with Gasteiger partial charge in [0.25, 0.3) is 11.8 Å². The van der Waals surface area contributed by atoms with Crippen LogP contribution in [0.25, 0.3) is 11.1 Å². The summed E-state index contributed by atoms with van der Waals surface area (Å²) in [6.07, 6.45) is 6.20. The molecule has 4 bridgehead atoms. The van der Waals surface area contributed by atoms with E-state index in [2.05, 4.69) is 47.0 Å². The molecule has 0 spiro atoms. The maximum absolute atomic E-state index is 14.0. The van der Waals surface area contributed by atoms with E-state index in [1.807, 2.05) is 9.80 Å². The van der Waals surface area contributed by atoms with Crippen molar-refractivity contribution < 1.29 is 39.6 Å². The first-order chi connectivity index (χ1) is 34.8. The highest BCUT2D eigenvalue weighted by Gasteiger charge is 2.77. The second kappa shape index (κ2) is 18.2. The van der Waals surface area contributed by atoms with Crippen LogP contribution in [-0.4, -0.2) is 103 Å². The molecule has 4 amide bonds. The Morgan fingerprint density at radius 1 is 0.611 bits per heavy atom. The third-order valence-corrected chi connectivity index (χ3v) is 19.3. The number of fused-ring (bicyclic) bond motifs is 4. The van der Waals surface area contributed by atoms with Crippen LogP contribution in [0.3, 0.4) is 0 Å². The molecule has 10 fully saturated rings. The highest BCUT2D eigenvalue weighted by Crippen LogP contribution is 2.68. The van der Waals surface area contributed by atoms with Gasteiger partial charge in [-0.25, -0.2) is 0 Å². The fourth-order valence-electron chi connectivity index (χ4n) is 15.5. The minimum absolute atomic E-state index is 0.0354. The van der Waals surface area contributed by atoms with Crippen LogP contribution in [0, 0.1) is 47.3 Å². The number of piperidine rings is 2. The molecule has 14 heteroatoms. The van der Waals surface area contributed by atoms with Crippen LogP contribution in [0.5, 0.6) is 0 Å². The zero-order valence-electron chi connectivity index (χ0n) is 40.8. The lowest BCUT2D eigenvalue weighted by molar-refractivity contribution is -0.132. The Balaban J connectivity index is 0.686. The summed E-state index contributed by atoms with van der Waals surface area (Å²) in [7, 11) is 0. The minimum atomic E-state index is -1.14. The molecule has 14 nitrogen and oxygen atoms in total. The van der Waals surface area contributed by atoms with Crippen molar-refractivity contribution in [3.8, 4) is 11.1 Å². The molecular weight excluding hydrogens is 909 g/mol. The van der Waals surface area contributed by atoms with Crippen LogP contribution in [0.1, 0.15) is 119 Å². The number of nitrogens with one attached hydrogen (secondary N) is 2. The van der Waals surface area contributed by atoms with Gasteiger partial charge in [0.2, 0.25) is 11.8 Å². The summed E-state index contributed by atoms with van der Waals surface area (Å²) in [6.45, 7) is 3.05. The molecule has 4 aromatic carbocycles. The number of anilines is 2. The molecule has 4 aromatic rings. The average molecular weight is 977 g/mol. The van der Waals surface area contributed by atoms with Gasteiger partial charge in [-0.05, 0) is 170 Å². The fraction of sp³-hybridized carbons (Fsp3) is 0.517. The number of carbonyl (C=O) groups is 4. The summed E-state index contributed by atoms with van der Waals surface area (Å²) in [4.78, 5) is 58.9. The first-order valence-electron chi connectivity index (χ1n) is 26.7. The Labute approximate surface area is 420 Å². The van der Waals surface area contributed by atoms with Gasteiger partial charge in [0.05, 0.1) is 17.8 Å². The molecule has 0 aromatic heterocycles. The number of amides is 4. The summed E-state index contributed by atoms with van der Waals surface area (Å²) < 4.78 is 0. The zero-order chi connectivity index (χ0) is 49.8. The van der Waals surface area contributed by atoms with Crippen LogP contribution < -0.4 is 22.1 Å². The molecule has 8 aliphatic carbocycles. The number of rotatable bonds is 11. The number of aliphatic hydroxyl groups excluding tert-OH is 2. The lowest BCUT2D eigenvalue weighted by atomic mass is 9.63. The van der Waals surface area contributed by atoms with E-state index in [0.29, 0.717) is 74.6 Å². The number of carbonyl (C=O) groups excluding carboxylic acids is 4. The van der Waals surface area contributed by atoms with E-state index in [4.69, 9.17) is 11.5 Å². The second-order valence-electron chi connectivity index (χ2n) is 22.8. The Morgan fingerprint density at radius 3 is 1.83 bits per heavy atom. The number of hydrogen-bond acceptors (Lipinski definition) is 10. The Hall–Kier alpha value is -5.48. The van der Waals surface area contributed by atoms with Crippen molar-refractivity contribution in [2.45, 2.75) is 113 Å². The second-order valence-corrected chi connectivity index (χ2v) is 22.8. The standard InChI is InChI=1S/C58H68N6O8/c59-29-31-22-38(32-14-18-63(19-15-32)55(69)35-4-1-7-41(25-35)61-53(67)45-28-40-11-12-44(45)50-52(66)57(40,50)71)24-39(23-31)48-37(30-60)6-3-9-43(48)33-16-20-64(21-17-33)56(70)36-5-2-8-42(26-36)62-54(68)46-27-34-10-13-47(46)58(72)49(34)51(58)65/h1-9,22-26,32-34,40,44-47,49-52,65-66,71-72H,10-21,27-30,59-60H2,(H,61,67)(H,62,68).